The summed E-state index contributed by atoms with van der Waals surface area (Å²) < 4.78 is 5.71. The average Bonchev–Trinajstić information content (AvgIpc) is 3.04. The second kappa shape index (κ2) is 7.04. The highest BCUT2D eigenvalue weighted by Gasteiger charge is 2.30. The molecule has 0 aromatic carbocycles. The molecule has 2 atom stereocenters. The van der Waals surface area contributed by atoms with Crippen molar-refractivity contribution in [1.29, 1.82) is 0 Å². The third-order valence-electron chi connectivity index (χ3n) is 3.58. The van der Waals surface area contributed by atoms with E-state index < -0.39 is 0 Å². The molecule has 0 aliphatic carbocycles. The van der Waals surface area contributed by atoms with E-state index in [1.807, 2.05) is 12.3 Å². The Morgan fingerprint density at radius 2 is 2.40 bits per heavy atom. The van der Waals surface area contributed by atoms with E-state index in [0.29, 0.717) is 23.5 Å². The third-order valence-corrected chi connectivity index (χ3v) is 4.39. The standard InChI is InChI=1S/C14H23N3O2S/c1-4-11-8-20-14(16-11)17-13(18)15-7-10-5-6-19-12(10)9(2)3/h8-10,12H,4-7H2,1-3H3,(H2,15,16,17,18). The van der Waals surface area contributed by atoms with Crippen molar-refractivity contribution in [1.82, 2.24) is 10.3 Å². The fourth-order valence-corrected chi connectivity index (χ4v) is 3.29. The summed E-state index contributed by atoms with van der Waals surface area (Å²) in [5.41, 5.74) is 1.01. The number of rotatable bonds is 5. The van der Waals surface area contributed by atoms with Crippen LogP contribution in [0.2, 0.25) is 0 Å². The number of carbonyl (C=O) groups excluding carboxylic acids is 1. The maximum Gasteiger partial charge on any atom is 0.321 e. The summed E-state index contributed by atoms with van der Waals surface area (Å²) in [6, 6.07) is -0.184. The van der Waals surface area contributed by atoms with Gasteiger partial charge in [-0.05, 0) is 18.8 Å². The molecular formula is C14H23N3O2S. The lowest BCUT2D eigenvalue weighted by molar-refractivity contribution is 0.0546. The third kappa shape index (κ3) is 3.93. The molecule has 1 aliphatic heterocycles. The Kier molecular flexibility index (Phi) is 5.37. The fraction of sp³-hybridized carbons (Fsp3) is 0.714. The van der Waals surface area contributed by atoms with Crippen LogP contribution in [-0.2, 0) is 11.2 Å². The van der Waals surface area contributed by atoms with Gasteiger partial charge in [-0.15, -0.1) is 11.3 Å². The Morgan fingerprint density at radius 1 is 1.60 bits per heavy atom. The molecule has 2 unspecified atom stereocenters. The molecule has 2 N–H and O–H groups in total. The number of thiazole rings is 1. The molecule has 6 heteroatoms. The summed E-state index contributed by atoms with van der Waals surface area (Å²) in [6.07, 6.45) is 2.15. The minimum atomic E-state index is -0.184. The average molecular weight is 297 g/mol. The molecule has 1 aromatic heterocycles. The number of nitrogens with zero attached hydrogens (tertiary/aromatic N) is 1. The largest absolute Gasteiger partial charge is 0.378 e. The first-order chi connectivity index (χ1) is 9.60. The molecule has 2 heterocycles. The van der Waals surface area contributed by atoms with Gasteiger partial charge in [-0.25, -0.2) is 9.78 Å². The van der Waals surface area contributed by atoms with Crippen LogP contribution >= 0.6 is 11.3 Å². The van der Waals surface area contributed by atoms with E-state index >= 15 is 0 Å². The minimum Gasteiger partial charge on any atom is -0.378 e. The van der Waals surface area contributed by atoms with E-state index in [1.54, 1.807) is 0 Å². The van der Waals surface area contributed by atoms with Crippen LogP contribution < -0.4 is 10.6 Å². The Balaban J connectivity index is 1.77. The Hall–Kier alpha value is -1.14. The number of hydrogen-bond acceptors (Lipinski definition) is 4. The number of ether oxygens (including phenoxy) is 1. The summed E-state index contributed by atoms with van der Waals surface area (Å²) in [4.78, 5) is 16.2. The van der Waals surface area contributed by atoms with E-state index in [9.17, 15) is 4.79 Å². The summed E-state index contributed by atoms with van der Waals surface area (Å²) in [6.45, 7) is 7.81. The molecule has 2 amide bonds. The normalized spacial score (nSPS) is 22.2. The van der Waals surface area contributed by atoms with Gasteiger partial charge in [0.25, 0.3) is 0 Å². The van der Waals surface area contributed by atoms with Gasteiger partial charge in [-0.2, -0.15) is 0 Å². The molecule has 0 spiro atoms. The summed E-state index contributed by atoms with van der Waals surface area (Å²) in [5.74, 6) is 0.890. The van der Waals surface area contributed by atoms with Crippen LogP contribution in [0.4, 0.5) is 9.93 Å². The van der Waals surface area contributed by atoms with Crippen molar-refractivity contribution in [2.45, 2.75) is 39.7 Å². The van der Waals surface area contributed by atoms with Crippen LogP contribution in [0.3, 0.4) is 0 Å². The van der Waals surface area contributed by atoms with Crippen LogP contribution in [0.25, 0.3) is 0 Å². The van der Waals surface area contributed by atoms with E-state index in [4.69, 9.17) is 4.74 Å². The van der Waals surface area contributed by atoms with Crippen LogP contribution in [0, 0.1) is 11.8 Å². The van der Waals surface area contributed by atoms with E-state index in [2.05, 4.69) is 29.5 Å². The smallest absolute Gasteiger partial charge is 0.321 e. The monoisotopic (exact) mass is 297 g/mol. The molecule has 0 bridgehead atoms. The van der Waals surface area contributed by atoms with Crippen LogP contribution in [0.5, 0.6) is 0 Å². The predicted octanol–water partition coefficient (Wildman–Crippen LogP) is 2.89. The lowest BCUT2D eigenvalue weighted by Gasteiger charge is -2.22. The maximum atomic E-state index is 11.8. The second-order valence-corrected chi connectivity index (χ2v) is 6.32. The SMILES string of the molecule is CCc1csc(NC(=O)NCC2CCOC2C(C)C)n1. The molecule has 1 aromatic rings. The van der Waals surface area contributed by atoms with Gasteiger partial charge in [-0.3, -0.25) is 5.32 Å². The van der Waals surface area contributed by atoms with Crippen molar-refractivity contribution in [3.63, 3.8) is 0 Å². The lowest BCUT2D eigenvalue weighted by Crippen LogP contribution is -2.37. The van der Waals surface area contributed by atoms with Crippen LogP contribution in [-0.4, -0.2) is 30.3 Å². The number of aryl methyl sites for hydroxylation is 1. The maximum absolute atomic E-state index is 11.8. The van der Waals surface area contributed by atoms with Gasteiger partial charge in [0.15, 0.2) is 5.13 Å². The van der Waals surface area contributed by atoms with Crippen molar-refractivity contribution in [3.8, 4) is 0 Å². The first-order valence-corrected chi connectivity index (χ1v) is 8.09. The molecular weight excluding hydrogens is 274 g/mol. The Morgan fingerprint density at radius 3 is 3.05 bits per heavy atom. The molecule has 0 radical (unpaired) electrons. The number of hydrogen-bond donors (Lipinski definition) is 2. The first-order valence-electron chi connectivity index (χ1n) is 7.21. The number of nitrogens with one attached hydrogen (secondary N) is 2. The molecule has 1 aliphatic rings. The van der Waals surface area contributed by atoms with E-state index in [0.717, 1.165) is 25.1 Å². The van der Waals surface area contributed by atoms with Gasteiger partial charge >= 0.3 is 6.03 Å². The second-order valence-electron chi connectivity index (χ2n) is 5.46. The fourth-order valence-electron chi connectivity index (χ4n) is 2.50. The molecule has 0 saturated carbocycles. The van der Waals surface area contributed by atoms with Gasteiger partial charge in [0, 0.05) is 24.4 Å². The highest BCUT2D eigenvalue weighted by atomic mass is 32.1. The Bertz CT molecular complexity index is 447. The highest BCUT2D eigenvalue weighted by Crippen LogP contribution is 2.26. The zero-order chi connectivity index (χ0) is 14.5. The van der Waals surface area contributed by atoms with Crippen LogP contribution in [0.15, 0.2) is 5.38 Å². The number of amides is 2. The number of anilines is 1. The molecule has 112 valence electrons. The number of urea groups is 1. The zero-order valence-electron chi connectivity index (χ0n) is 12.3. The van der Waals surface area contributed by atoms with Crippen molar-refractivity contribution in [2.24, 2.45) is 11.8 Å². The van der Waals surface area contributed by atoms with E-state index in [1.165, 1.54) is 11.3 Å². The number of aromatic nitrogens is 1. The minimum absolute atomic E-state index is 0.184. The van der Waals surface area contributed by atoms with E-state index in [-0.39, 0.29) is 12.1 Å². The predicted molar refractivity (Wildman–Crippen MR) is 81.2 cm³/mol. The summed E-state index contributed by atoms with van der Waals surface area (Å²) >= 11 is 1.46. The summed E-state index contributed by atoms with van der Waals surface area (Å²) in [7, 11) is 0. The zero-order valence-corrected chi connectivity index (χ0v) is 13.1. The molecule has 1 saturated heterocycles. The summed E-state index contributed by atoms with van der Waals surface area (Å²) in [5, 5.41) is 8.33. The van der Waals surface area contributed by atoms with Gasteiger partial charge in [0.1, 0.15) is 0 Å². The Labute approximate surface area is 124 Å². The lowest BCUT2D eigenvalue weighted by atomic mass is 9.93. The van der Waals surface area contributed by atoms with Crippen molar-refractivity contribution in [3.05, 3.63) is 11.1 Å². The first kappa shape index (κ1) is 15.3. The van der Waals surface area contributed by atoms with Crippen molar-refractivity contribution < 1.29 is 9.53 Å². The van der Waals surface area contributed by atoms with Gasteiger partial charge in [-0.1, -0.05) is 20.8 Å². The van der Waals surface area contributed by atoms with Gasteiger partial charge in [0.2, 0.25) is 0 Å². The topological polar surface area (TPSA) is 63.2 Å². The molecule has 20 heavy (non-hydrogen) atoms. The highest BCUT2D eigenvalue weighted by molar-refractivity contribution is 7.13. The van der Waals surface area contributed by atoms with Crippen molar-refractivity contribution >= 4 is 22.5 Å². The molecule has 5 nitrogen and oxygen atoms in total. The van der Waals surface area contributed by atoms with Gasteiger partial charge in [0.05, 0.1) is 11.8 Å². The quantitative estimate of drug-likeness (QED) is 0.878. The van der Waals surface area contributed by atoms with Crippen LogP contribution in [0.1, 0.15) is 32.9 Å². The number of carbonyl (C=O) groups is 1. The molecule has 2 rings (SSSR count). The molecule has 1 fully saturated rings. The van der Waals surface area contributed by atoms with Gasteiger partial charge < -0.3 is 10.1 Å². The van der Waals surface area contributed by atoms with Crippen molar-refractivity contribution in [2.75, 3.05) is 18.5 Å².